The Morgan fingerprint density at radius 2 is 1.78 bits per heavy atom. The summed E-state index contributed by atoms with van der Waals surface area (Å²) < 4.78 is 7.64. The fourth-order valence-corrected chi connectivity index (χ4v) is 5.11. The number of carbonyl (C=O) groups excluding carboxylic acids is 1. The fraction of sp³-hybridized carbons (Fsp3) is 0.400. The second kappa shape index (κ2) is 7.84. The van der Waals surface area contributed by atoms with E-state index in [9.17, 15) is 4.79 Å². The minimum atomic E-state index is -0.851. The summed E-state index contributed by atoms with van der Waals surface area (Å²) in [6, 6.07) is 1.99. The van der Waals surface area contributed by atoms with Gasteiger partial charge in [0.2, 0.25) is 0 Å². The lowest BCUT2D eigenvalue weighted by Gasteiger charge is -2.53. The number of nitrogens with one attached hydrogen (secondary N) is 1. The van der Waals surface area contributed by atoms with Crippen molar-refractivity contribution >= 4 is 22.9 Å². The zero-order chi connectivity index (χ0) is 25.2. The Balaban J connectivity index is 1.47. The van der Waals surface area contributed by atoms with Gasteiger partial charge in [-0.2, -0.15) is 0 Å². The number of methoxy groups -OCH3 is 1. The Kier molecular flexibility index (Phi) is 4.92. The Hall–Kier alpha value is -3.83. The van der Waals surface area contributed by atoms with Crippen LogP contribution in [0.5, 0.6) is 0 Å². The molecule has 4 aromatic heterocycles. The molecule has 2 aliphatic heterocycles. The molecule has 0 saturated carbocycles. The molecular weight excluding hydrogens is 458 g/mol. The number of likely N-dealkylation sites (tertiary alicyclic amines) is 1. The third-order valence-electron chi connectivity index (χ3n) is 7.42. The average Bonchev–Trinajstić information content (AvgIpc) is 3.37. The number of nitrogens with zero attached hydrogens (tertiary/aromatic N) is 8. The fourth-order valence-electron chi connectivity index (χ4n) is 5.11. The van der Waals surface area contributed by atoms with E-state index in [1.54, 1.807) is 25.7 Å². The lowest BCUT2D eigenvalue weighted by atomic mass is 9.83. The van der Waals surface area contributed by atoms with E-state index in [1.807, 2.05) is 38.3 Å². The van der Waals surface area contributed by atoms with Crippen LogP contribution in [0.2, 0.25) is 0 Å². The Bertz CT molecular complexity index is 1510. The van der Waals surface area contributed by atoms with Gasteiger partial charge in [0.15, 0.2) is 5.65 Å². The zero-order valence-electron chi connectivity index (χ0n) is 20.9. The van der Waals surface area contributed by atoms with Crippen LogP contribution in [0, 0.1) is 6.92 Å². The summed E-state index contributed by atoms with van der Waals surface area (Å²) in [5.41, 5.74) is 3.31. The van der Waals surface area contributed by atoms with Crippen LogP contribution in [0.1, 0.15) is 32.2 Å². The molecule has 1 fully saturated rings. The van der Waals surface area contributed by atoms with E-state index in [1.165, 1.54) is 6.33 Å². The molecule has 1 atom stereocenters. The van der Waals surface area contributed by atoms with Crippen LogP contribution >= 0.6 is 0 Å². The third kappa shape index (κ3) is 3.16. The largest absolute Gasteiger partial charge is 0.376 e. The monoisotopic (exact) mass is 485 g/mol. The van der Waals surface area contributed by atoms with Crippen LogP contribution in [0.15, 0.2) is 31.0 Å². The van der Waals surface area contributed by atoms with Gasteiger partial charge < -0.3 is 14.6 Å². The van der Waals surface area contributed by atoms with Gasteiger partial charge in [-0.15, -0.1) is 0 Å². The molecule has 1 saturated heterocycles. The minimum Gasteiger partial charge on any atom is -0.376 e. The quantitative estimate of drug-likeness (QED) is 0.454. The molecule has 2 aliphatic rings. The molecule has 6 heterocycles. The second-order valence-corrected chi connectivity index (χ2v) is 9.75. The number of hydrogen-bond donors (Lipinski definition) is 1. The molecule has 0 unspecified atom stereocenters. The van der Waals surface area contributed by atoms with Crippen molar-refractivity contribution in [1.82, 2.24) is 39.4 Å². The van der Waals surface area contributed by atoms with E-state index in [2.05, 4.69) is 35.1 Å². The molecule has 184 valence electrons. The number of rotatable bonds is 5. The number of aryl methyl sites for hydroxylation is 2. The van der Waals surface area contributed by atoms with Crippen molar-refractivity contribution in [3.05, 3.63) is 42.4 Å². The molecular formula is C25H27N9O2. The van der Waals surface area contributed by atoms with E-state index in [0.29, 0.717) is 48.1 Å². The maximum atomic E-state index is 13.1. The molecule has 0 aliphatic carbocycles. The first-order valence-corrected chi connectivity index (χ1v) is 11.9. The number of fused-ring (bicyclic) bond motifs is 2. The summed E-state index contributed by atoms with van der Waals surface area (Å²) in [5, 5.41) is 2.95. The maximum Gasteiger partial charge on any atom is 0.250 e. The van der Waals surface area contributed by atoms with Gasteiger partial charge in [-0.3, -0.25) is 9.69 Å². The number of amides is 1. The number of carbonyl (C=O) groups is 1. The van der Waals surface area contributed by atoms with Gasteiger partial charge in [0.25, 0.3) is 5.91 Å². The molecule has 36 heavy (non-hydrogen) atoms. The van der Waals surface area contributed by atoms with E-state index in [0.717, 1.165) is 22.5 Å². The van der Waals surface area contributed by atoms with Crippen molar-refractivity contribution in [1.29, 1.82) is 0 Å². The lowest BCUT2D eigenvalue weighted by Crippen LogP contribution is -2.68. The summed E-state index contributed by atoms with van der Waals surface area (Å²) in [6.45, 7) is 9.85. The number of anilines is 1. The molecule has 1 amide bonds. The first-order chi connectivity index (χ1) is 17.3. The number of ether oxygens (including phenoxy) is 1. The molecule has 4 aromatic rings. The molecule has 11 heteroatoms. The van der Waals surface area contributed by atoms with Crippen molar-refractivity contribution in [3.8, 4) is 22.6 Å². The summed E-state index contributed by atoms with van der Waals surface area (Å²) in [4.78, 5) is 42.5. The van der Waals surface area contributed by atoms with Gasteiger partial charge in [-0.25, -0.2) is 29.9 Å². The minimum absolute atomic E-state index is 0.0925. The highest BCUT2D eigenvalue weighted by Crippen LogP contribution is 2.45. The lowest BCUT2D eigenvalue weighted by molar-refractivity contribution is -0.160. The van der Waals surface area contributed by atoms with Gasteiger partial charge >= 0.3 is 0 Å². The van der Waals surface area contributed by atoms with E-state index >= 15 is 0 Å². The predicted molar refractivity (Wildman–Crippen MR) is 133 cm³/mol. The van der Waals surface area contributed by atoms with Crippen molar-refractivity contribution < 1.29 is 9.53 Å². The number of pyridine rings is 1. The van der Waals surface area contributed by atoms with Gasteiger partial charge in [0, 0.05) is 56.5 Å². The van der Waals surface area contributed by atoms with Crippen LogP contribution in [0.3, 0.4) is 0 Å². The maximum absolute atomic E-state index is 13.1. The smallest absolute Gasteiger partial charge is 0.250 e. The van der Waals surface area contributed by atoms with Crippen LogP contribution < -0.4 is 5.32 Å². The van der Waals surface area contributed by atoms with Crippen molar-refractivity contribution in [2.45, 2.75) is 45.4 Å². The summed E-state index contributed by atoms with van der Waals surface area (Å²) in [7, 11) is 1.70. The highest BCUT2D eigenvalue weighted by molar-refractivity contribution is 6.05. The summed E-state index contributed by atoms with van der Waals surface area (Å²) >= 11 is 0. The third-order valence-corrected chi connectivity index (χ3v) is 7.42. The number of hydrogen-bond acceptors (Lipinski definition) is 9. The molecule has 11 nitrogen and oxygen atoms in total. The van der Waals surface area contributed by atoms with Crippen molar-refractivity contribution in [2.24, 2.45) is 0 Å². The Morgan fingerprint density at radius 3 is 2.47 bits per heavy atom. The molecule has 0 radical (unpaired) electrons. The highest BCUT2D eigenvalue weighted by atomic mass is 16.5. The first-order valence-electron chi connectivity index (χ1n) is 11.9. The molecule has 0 spiro atoms. The standard InChI is InChI=1S/C25H27N9O2/c1-6-34-21(16-9-26-14(2)27-10-16)31-19-18(29-13-30-22(19)34)15-7-17-20(28-8-15)32-23(35)25(17,4)33-11-24(3,12-33)36-5/h7-10,13H,6,11-12H2,1-5H3,(H,28,32,35)/t25-/m0/s1. The van der Waals surface area contributed by atoms with E-state index in [4.69, 9.17) is 9.72 Å². The predicted octanol–water partition coefficient (Wildman–Crippen LogP) is 2.56. The van der Waals surface area contributed by atoms with E-state index in [-0.39, 0.29) is 11.5 Å². The van der Waals surface area contributed by atoms with Crippen LogP contribution in [-0.4, -0.2) is 71.1 Å². The van der Waals surface area contributed by atoms with Gasteiger partial charge in [-0.1, -0.05) is 0 Å². The van der Waals surface area contributed by atoms with Crippen LogP contribution in [-0.2, 0) is 21.6 Å². The van der Waals surface area contributed by atoms with Crippen molar-refractivity contribution in [2.75, 3.05) is 25.5 Å². The van der Waals surface area contributed by atoms with Crippen LogP contribution in [0.4, 0.5) is 5.82 Å². The highest BCUT2D eigenvalue weighted by Gasteiger charge is 2.55. The summed E-state index contributed by atoms with van der Waals surface area (Å²) in [5.74, 6) is 1.90. The molecule has 0 bridgehead atoms. The zero-order valence-corrected chi connectivity index (χ0v) is 20.9. The second-order valence-electron chi connectivity index (χ2n) is 9.75. The average molecular weight is 486 g/mol. The Morgan fingerprint density at radius 1 is 1.06 bits per heavy atom. The van der Waals surface area contributed by atoms with Crippen molar-refractivity contribution in [3.63, 3.8) is 0 Å². The SMILES string of the molecule is CCn1c(-c2cnc(C)nc2)nc2c(-c3cnc4c(c3)[C@](C)(N3CC(C)(OC)C3)C(=O)N4)ncnc21. The topological polar surface area (TPSA) is 124 Å². The number of aromatic nitrogens is 7. The molecule has 1 N–H and O–H groups in total. The number of imidazole rings is 1. The summed E-state index contributed by atoms with van der Waals surface area (Å²) in [6.07, 6.45) is 6.80. The van der Waals surface area contributed by atoms with Gasteiger partial charge in [-0.05, 0) is 33.8 Å². The molecule has 0 aromatic carbocycles. The van der Waals surface area contributed by atoms with E-state index < -0.39 is 5.54 Å². The van der Waals surface area contributed by atoms with Crippen LogP contribution in [0.25, 0.3) is 33.8 Å². The van der Waals surface area contributed by atoms with Gasteiger partial charge in [0.1, 0.15) is 40.5 Å². The Labute approximate surface area is 208 Å². The normalized spacial score (nSPS) is 20.9. The van der Waals surface area contributed by atoms with Gasteiger partial charge in [0.05, 0.1) is 11.2 Å². The first kappa shape index (κ1) is 22.6. The molecule has 6 rings (SSSR count).